The van der Waals surface area contributed by atoms with E-state index in [1.54, 1.807) is 0 Å². The number of nitrogens with zero attached hydrogens (tertiary/aromatic N) is 2. The van der Waals surface area contributed by atoms with E-state index < -0.39 is 26.6 Å². The number of ketones is 1. The largest absolute Gasteiger partial charge is 0.364 e. The van der Waals surface area contributed by atoms with Gasteiger partial charge in [-0.05, 0) is 12.5 Å². The number of hydrogen-bond acceptors (Lipinski definition) is 7. The fourth-order valence-electron chi connectivity index (χ4n) is 2.77. The molecule has 0 radical (unpaired) electrons. The van der Waals surface area contributed by atoms with Crippen LogP contribution in [0, 0.1) is 20.2 Å². The number of thioether (sulfide) groups is 1. The van der Waals surface area contributed by atoms with Crippen LogP contribution in [0.2, 0.25) is 0 Å². The van der Waals surface area contributed by atoms with E-state index in [1.165, 1.54) is 12.1 Å². The van der Waals surface area contributed by atoms with Crippen molar-refractivity contribution in [3.8, 4) is 0 Å². The molecule has 1 aromatic rings. The van der Waals surface area contributed by atoms with Crippen molar-refractivity contribution in [2.75, 3.05) is 0 Å². The minimum atomic E-state index is -0.693. The predicted molar refractivity (Wildman–Crippen MR) is 81.9 cm³/mol. The van der Waals surface area contributed by atoms with E-state index in [2.05, 4.69) is 0 Å². The standard InChI is InChI=1S/C13H11ClN2O6S/c14-11-9-3-2-8(17)12(22-9)13(11)23-10-4-1-6(15(18)19)5-7(10)16(20)21/h1,4-5,9,11-13H,2-3H2/t9-,11+,12+,13-/m1/s1. The van der Waals surface area contributed by atoms with Gasteiger partial charge in [0.15, 0.2) is 5.78 Å². The fourth-order valence-corrected chi connectivity index (χ4v) is 4.58. The zero-order valence-electron chi connectivity index (χ0n) is 11.6. The highest BCUT2D eigenvalue weighted by atomic mass is 35.5. The maximum Gasteiger partial charge on any atom is 0.289 e. The smallest absolute Gasteiger partial charge is 0.289 e. The summed E-state index contributed by atoms with van der Waals surface area (Å²) in [6.07, 6.45) is 0.00552. The molecular formula is C13H11ClN2O6S. The highest BCUT2D eigenvalue weighted by Crippen LogP contribution is 2.45. The van der Waals surface area contributed by atoms with Gasteiger partial charge < -0.3 is 4.74 Å². The van der Waals surface area contributed by atoms with Gasteiger partial charge in [-0.2, -0.15) is 0 Å². The van der Waals surface area contributed by atoms with Crippen LogP contribution in [0.25, 0.3) is 0 Å². The van der Waals surface area contributed by atoms with E-state index in [9.17, 15) is 25.0 Å². The molecule has 0 aromatic heterocycles. The summed E-state index contributed by atoms with van der Waals surface area (Å²) in [7, 11) is 0. The number of carbonyl (C=O) groups is 1. The average molecular weight is 359 g/mol. The molecule has 2 saturated heterocycles. The minimum absolute atomic E-state index is 0.0635. The second-order valence-electron chi connectivity index (χ2n) is 5.29. The molecule has 2 aliphatic heterocycles. The maximum atomic E-state index is 11.9. The van der Waals surface area contributed by atoms with Crippen molar-refractivity contribution in [1.29, 1.82) is 0 Å². The number of alkyl halides is 1. The van der Waals surface area contributed by atoms with Gasteiger partial charge >= 0.3 is 0 Å². The molecule has 0 unspecified atom stereocenters. The highest BCUT2D eigenvalue weighted by Gasteiger charge is 2.50. The van der Waals surface area contributed by atoms with Gasteiger partial charge in [0.05, 0.1) is 37.5 Å². The third kappa shape index (κ3) is 2.91. The molecule has 0 saturated carbocycles. The molecule has 23 heavy (non-hydrogen) atoms. The Hall–Kier alpha value is -1.71. The average Bonchev–Trinajstić information content (AvgIpc) is 2.77. The Kier molecular flexibility index (Phi) is 4.26. The van der Waals surface area contributed by atoms with Gasteiger partial charge in [-0.1, -0.05) is 0 Å². The SMILES string of the molecule is O=C1CC[C@H]2O[C@@H]1[C@H](Sc1ccc([N+](=O)[O-])cc1[N+](=O)[O-])[C@H]2Cl. The number of hydrogen-bond donors (Lipinski definition) is 0. The van der Waals surface area contributed by atoms with Crippen LogP contribution in [-0.4, -0.2) is 38.5 Å². The summed E-state index contributed by atoms with van der Waals surface area (Å²) < 4.78 is 5.59. The number of fused-ring (bicyclic) bond motifs is 2. The van der Waals surface area contributed by atoms with Crippen LogP contribution in [-0.2, 0) is 9.53 Å². The molecule has 2 bridgehead atoms. The number of carbonyl (C=O) groups excluding carboxylic acids is 1. The van der Waals surface area contributed by atoms with E-state index >= 15 is 0 Å². The van der Waals surface area contributed by atoms with Crippen LogP contribution in [0.1, 0.15) is 12.8 Å². The van der Waals surface area contributed by atoms with E-state index in [4.69, 9.17) is 16.3 Å². The van der Waals surface area contributed by atoms with Crippen LogP contribution >= 0.6 is 23.4 Å². The lowest BCUT2D eigenvalue weighted by atomic mass is 10.1. The predicted octanol–water partition coefficient (Wildman–Crippen LogP) is 2.70. The molecule has 0 amide bonds. The Morgan fingerprint density at radius 2 is 2.00 bits per heavy atom. The van der Waals surface area contributed by atoms with Crippen molar-refractivity contribution in [3.63, 3.8) is 0 Å². The second-order valence-corrected chi connectivity index (χ2v) is 7.02. The third-order valence-corrected chi connectivity index (χ3v) is 6.01. The molecule has 3 rings (SSSR count). The molecule has 0 N–H and O–H groups in total. The molecule has 122 valence electrons. The lowest BCUT2D eigenvalue weighted by Crippen LogP contribution is -2.32. The zero-order valence-corrected chi connectivity index (χ0v) is 13.2. The number of benzene rings is 1. The first-order valence-electron chi connectivity index (χ1n) is 6.80. The molecule has 4 atom stereocenters. The van der Waals surface area contributed by atoms with Gasteiger partial charge in [0.1, 0.15) is 6.10 Å². The van der Waals surface area contributed by atoms with Gasteiger partial charge in [-0.15, -0.1) is 23.4 Å². The molecule has 0 aliphatic carbocycles. The number of Topliss-reactive ketones (excluding diaryl/α,β-unsaturated/α-hetero) is 1. The lowest BCUT2D eigenvalue weighted by molar-refractivity contribution is -0.396. The molecular weight excluding hydrogens is 348 g/mol. The summed E-state index contributed by atoms with van der Waals surface area (Å²) in [5, 5.41) is 21.1. The molecule has 10 heteroatoms. The summed E-state index contributed by atoms with van der Waals surface area (Å²) in [5.74, 6) is -0.0635. The number of non-ortho nitro benzene ring substituents is 1. The van der Waals surface area contributed by atoms with Crippen LogP contribution in [0.3, 0.4) is 0 Å². The molecule has 8 nitrogen and oxygen atoms in total. The maximum absolute atomic E-state index is 11.9. The van der Waals surface area contributed by atoms with Crippen LogP contribution in [0.5, 0.6) is 0 Å². The second kappa shape index (κ2) is 6.06. The first kappa shape index (κ1) is 16.2. The Balaban J connectivity index is 1.92. The Bertz CT molecular complexity index is 699. The lowest BCUT2D eigenvalue weighted by Gasteiger charge is -2.19. The Morgan fingerprint density at radius 1 is 1.26 bits per heavy atom. The van der Waals surface area contributed by atoms with Crippen LogP contribution in [0.15, 0.2) is 23.1 Å². The van der Waals surface area contributed by atoms with Gasteiger partial charge in [-0.25, -0.2) is 0 Å². The molecule has 2 fully saturated rings. The summed E-state index contributed by atoms with van der Waals surface area (Å²) >= 11 is 7.40. The van der Waals surface area contributed by atoms with E-state index in [1.807, 2.05) is 0 Å². The first-order chi connectivity index (χ1) is 10.9. The van der Waals surface area contributed by atoms with Crippen LogP contribution in [0.4, 0.5) is 11.4 Å². The number of nitro groups is 2. The molecule has 2 aliphatic rings. The summed E-state index contributed by atoms with van der Waals surface area (Å²) in [6.45, 7) is 0. The summed E-state index contributed by atoms with van der Waals surface area (Å²) in [6, 6.07) is 3.43. The number of nitro benzene ring substituents is 2. The highest BCUT2D eigenvalue weighted by molar-refractivity contribution is 8.00. The van der Waals surface area contributed by atoms with E-state index in [0.717, 1.165) is 17.8 Å². The molecule has 1 aromatic carbocycles. The molecule has 2 heterocycles. The fraction of sp³-hybridized carbons (Fsp3) is 0.462. The van der Waals surface area contributed by atoms with Crippen molar-refractivity contribution in [2.45, 2.75) is 40.6 Å². The normalized spacial score (nSPS) is 29.5. The van der Waals surface area contributed by atoms with Crippen molar-refractivity contribution in [3.05, 3.63) is 38.4 Å². The number of ether oxygens (including phenoxy) is 1. The van der Waals surface area contributed by atoms with Crippen molar-refractivity contribution < 1.29 is 19.4 Å². The van der Waals surface area contributed by atoms with Crippen molar-refractivity contribution >= 4 is 40.5 Å². The summed E-state index contributed by atoms with van der Waals surface area (Å²) in [5.41, 5.74) is -0.733. The van der Waals surface area contributed by atoms with Gasteiger partial charge in [0.25, 0.3) is 11.4 Å². The quantitative estimate of drug-likeness (QED) is 0.462. The molecule has 0 spiro atoms. The van der Waals surface area contributed by atoms with Crippen molar-refractivity contribution in [2.24, 2.45) is 0 Å². The summed E-state index contributed by atoms with van der Waals surface area (Å²) in [4.78, 5) is 32.8. The zero-order chi connectivity index (χ0) is 16.7. The van der Waals surface area contributed by atoms with Crippen molar-refractivity contribution in [1.82, 2.24) is 0 Å². The number of rotatable bonds is 4. The first-order valence-corrected chi connectivity index (χ1v) is 8.12. The Morgan fingerprint density at radius 3 is 2.65 bits per heavy atom. The van der Waals surface area contributed by atoms with Crippen LogP contribution < -0.4 is 0 Å². The van der Waals surface area contributed by atoms with Gasteiger partial charge in [0.2, 0.25) is 0 Å². The van der Waals surface area contributed by atoms with Gasteiger partial charge in [-0.3, -0.25) is 25.0 Å². The topological polar surface area (TPSA) is 113 Å². The Labute approximate surface area is 139 Å². The van der Waals surface area contributed by atoms with Gasteiger partial charge in [0, 0.05) is 12.5 Å². The number of halogens is 1. The van der Waals surface area contributed by atoms with E-state index in [-0.39, 0.29) is 28.2 Å². The third-order valence-electron chi connectivity index (χ3n) is 3.89. The minimum Gasteiger partial charge on any atom is -0.364 e. The van der Waals surface area contributed by atoms with E-state index in [0.29, 0.717) is 12.8 Å². The monoisotopic (exact) mass is 358 g/mol.